The fourth-order valence-corrected chi connectivity index (χ4v) is 1.76. The molecule has 0 radical (unpaired) electrons. The van der Waals surface area contributed by atoms with Gasteiger partial charge < -0.3 is 4.74 Å². The predicted octanol–water partition coefficient (Wildman–Crippen LogP) is 1.58. The molecule has 0 aliphatic rings. The first-order valence-electron chi connectivity index (χ1n) is 3.70. The molecular weight excluding hydrogens is 232 g/mol. The summed E-state index contributed by atoms with van der Waals surface area (Å²) in [5.74, 6) is 0.732. The summed E-state index contributed by atoms with van der Waals surface area (Å²) in [6.45, 7) is 2.69. The smallest absolute Gasteiger partial charge is 0.301 e. The quantitative estimate of drug-likeness (QED) is 0.435. The zero-order valence-corrected chi connectivity index (χ0v) is 9.67. The molecule has 0 aliphatic heterocycles. The van der Waals surface area contributed by atoms with E-state index in [1.807, 2.05) is 6.92 Å². The molecule has 0 bridgehead atoms. The molecule has 0 amide bonds. The average Bonchev–Trinajstić information content (AvgIpc) is 2.03. The highest BCUT2D eigenvalue weighted by atomic mass is 32.2. The van der Waals surface area contributed by atoms with Gasteiger partial charge in [-0.1, -0.05) is 11.8 Å². The molecule has 0 saturated heterocycles. The van der Waals surface area contributed by atoms with E-state index in [0.29, 0.717) is 17.4 Å². The van der Waals surface area contributed by atoms with Gasteiger partial charge in [-0.25, -0.2) is 0 Å². The third-order valence-corrected chi connectivity index (χ3v) is 2.64. The van der Waals surface area contributed by atoms with E-state index >= 15 is 0 Å². The van der Waals surface area contributed by atoms with Crippen molar-refractivity contribution in [1.82, 2.24) is 0 Å². The first kappa shape index (κ1) is 13.3. The van der Waals surface area contributed by atoms with Crippen molar-refractivity contribution in [2.75, 3.05) is 19.0 Å². The number of thiocarbonyl (C=S) groups is 1. The molecule has 0 aromatic heterocycles. The summed E-state index contributed by atoms with van der Waals surface area (Å²) < 4.78 is 28.2. The van der Waals surface area contributed by atoms with Crippen molar-refractivity contribution in [3.63, 3.8) is 0 Å². The van der Waals surface area contributed by atoms with Crippen LogP contribution < -0.4 is 0 Å². The van der Waals surface area contributed by atoms with Crippen LogP contribution in [0, 0.1) is 0 Å². The van der Waals surface area contributed by atoms with Crippen molar-refractivity contribution in [1.29, 1.82) is 0 Å². The Hall–Kier alpha value is 0.310. The summed E-state index contributed by atoms with van der Waals surface area (Å²) in [5.41, 5.74) is 0. The van der Waals surface area contributed by atoms with Gasteiger partial charge in [0.2, 0.25) is 4.38 Å². The van der Waals surface area contributed by atoms with Crippen molar-refractivity contribution in [2.24, 2.45) is 0 Å². The van der Waals surface area contributed by atoms with Crippen LogP contribution in [0.4, 0.5) is 0 Å². The Morgan fingerprint density at radius 2 is 2.38 bits per heavy atom. The number of rotatable bonds is 6. The second kappa shape index (κ2) is 8.89. The maximum absolute atomic E-state index is 10.0. The van der Waals surface area contributed by atoms with Crippen LogP contribution >= 0.6 is 24.0 Å². The molecule has 7 heteroatoms. The molecule has 1 unspecified atom stereocenters. The third-order valence-electron chi connectivity index (χ3n) is 0.955. The van der Waals surface area contributed by atoms with Crippen LogP contribution in [0.3, 0.4) is 0 Å². The van der Waals surface area contributed by atoms with Gasteiger partial charge in [0, 0.05) is 5.75 Å². The van der Waals surface area contributed by atoms with Gasteiger partial charge >= 0.3 is 11.4 Å². The lowest BCUT2D eigenvalue weighted by Crippen LogP contribution is -2.01. The van der Waals surface area contributed by atoms with Gasteiger partial charge in [-0.2, -0.15) is 4.21 Å². The normalized spacial score (nSPS) is 12.5. The van der Waals surface area contributed by atoms with E-state index in [0.717, 1.165) is 5.75 Å². The zero-order valence-electron chi connectivity index (χ0n) is 7.23. The summed E-state index contributed by atoms with van der Waals surface area (Å²) >= 11 is 4.09. The summed E-state index contributed by atoms with van der Waals surface area (Å²) in [7, 11) is 0. The van der Waals surface area contributed by atoms with Gasteiger partial charge in [-0.3, -0.25) is 8.74 Å². The second-order valence-electron chi connectivity index (χ2n) is 1.92. The van der Waals surface area contributed by atoms with Gasteiger partial charge in [0.1, 0.15) is 0 Å². The van der Waals surface area contributed by atoms with E-state index in [9.17, 15) is 4.21 Å². The van der Waals surface area contributed by atoms with Crippen molar-refractivity contribution in [3.8, 4) is 0 Å². The van der Waals surface area contributed by atoms with Gasteiger partial charge in [0.15, 0.2) is 0 Å². The van der Waals surface area contributed by atoms with Gasteiger partial charge in [-0.05, 0) is 25.6 Å². The Labute approximate surface area is 89.9 Å². The SMILES string of the molecule is CCOC(=S)SCCCOS(=O)O. The molecule has 0 aromatic rings. The van der Waals surface area contributed by atoms with Crippen LogP contribution in [-0.2, 0) is 20.3 Å². The summed E-state index contributed by atoms with van der Waals surface area (Å²) in [4.78, 5) is 0. The summed E-state index contributed by atoms with van der Waals surface area (Å²) in [6.07, 6.45) is 0.671. The minimum Gasteiger partial charge on any atom is -0.479 e. The van der Waals surface area contributed by atoms with E-state index in [4.69, 9.17) is 21.5 Å². The third kappa shape index (κ3) is 10.2. The standard InChI is InChI=1S/C6H12O4S3/c1-2-9-6(11)12-5-3-4-10-13(7)8/h2-5H2,1H3,(H,7,8). The number of thioether (sulfide) groups is 1. The number of hydrogen-bond acceptors (Lipinski definition) is 5. The van der Waals surface area contributed by atoms with E-state index in [-0.39, 0.29) is 6.61 Å². The molecule has 13 heavy (non-hydrogen) atoms. The highest BCUT2D eigenvalue weighted by Gasteiger charge is 1.98. The van der Waals surface area contributed by atoms with Gasteiger partial charge in [0.05, 0.1) is 13.2 Å². The van der Waals surface area contributed by atoms with Gasteiger partial charge in [0.25, 0.3) is 0 Å². The van der Waals surface area contributed by atoms with Crippen LogP contribution in [0.15, 0.2) is 0 Å². The van der Waals surface area contributed by atoms with E-state index in [2.05, 4.69) is 4.18 Å². The molecule has 1 N–H and O–H groups in total. The van der Waals surface area contributed by atoms with Crippen molar-refractivity contribution < 1.29 is 17.7 Å². The second-order valence-corrected chi connectivity index (χ2v) is 4.29. The van der Waals surface area contributed by atoms with E-state index in [1.165, 1.54) is 11.8 Å². The Kier molecular flexibility index (Phi) is 9.10. The Morgan fingerprint density at radius 1 is 1.69 bits per heavy atom. The van der Waals surface area contributed by atoms with Crippen LogP contribution in [0.5, 0.6) is 0 Å². The fourth-order valence-electron chi connectivity index (χ4n) is 0.504. The van der Waals surface area contributed by atoms with Crippen molar-refractivity contribution in [2.45, 2.75) is 13.3 Å². The Balaban J connectivity index is 3.16. The molecule has 1 atom stereocenters. The lowest BCUT2D eigenvalue weighted by molar-refractivity contribution is 0.308. The summed E-state index contributed by atoms with van der Waals surface area (Å²) in [5, 5.41) is 0. The number of ether oxygens (including phenoxy) is 1. The molecule has 0 saturated carbocycles. The van der Waals surface area contributed by atoms with Gasteiger partial charge in [-0.15, -0.1) is 0 Å². The maximum atomic E-state index is 10.0. The van der Waals surface area contributed by atoms with Crippen LogP contribution in [0.25, 0.3) is 0 Å². The van der Waals surface area contributed by atoms with Crippen molar-refractivity contribution in [3.05, 3.63) is 0 Å². The molecule has 0 fully saturated rings. The van der Waals surface area contributed by atoms with Crippen LogP contribution in [0.1, 0.15) is 13.3 Å². The zero-order chi connectivity index (χ0) is 10.1. The molecule has 0 spiro atoms. The monoisotopic (exact) mass is 244 g/mol. The Bertz CT molecular complexity index is 173. The molecule has 0 aliphatic carbocycles. The maximum Gasteiger partial charge on any atom is 0.301 e. The molecular formula is C6H12O4S3. The molecule has 4 nitrogen and oxygen atoms in total. The first-order chi connectivity index (χ1) is 6.16. The first-order valence-corrected chi connectivity index (χ1v) is 6.13. The topological polar surface area (TPSA) is 55.8 Å². The minimum atomic E-state index is -2.16. The summed E-state index contributed by atoms with van der Waals surface area (Å²) in [6, 6.07) is 0. The van der Waals surface area contributed by atoms with Crippen molar-refractivity contribution >= 4 is 39.7 Å². The lowest BCUT2D eigenvalue weighted by Gasteiger charge is -2.03. The average molecular weight is 244 g/mol. The van der Waals surface area contributed by atoms with Crippen LogP contribution in [0.2, 0.25) is 0 Å². The fraction of sp³-hybridized carbons (Fsp3) is 0.833. The number of hydrogen-bond donors (Lipinski definition) is 1. The predicted molar refractivity (Wildman–Crippen MR) is 58.0 cm³/mol. The molecule has 78 valence electrons. The highest BCUT2D eigenvalue weighted by molar-refractivity contribution is 8.22. The van der Waals surface area contributed by atoms with Crippen LogP contribution in [-0.4, -0.2) is 32.1 Å². The van der Waals surface area contributed by atoms with E-state index < -0.39 is 11.4 Å². The van der Waals surface area contributed by atoms with E-state index in [1.54, 1.807) is 0 Å². The molecule has 0 rings (SSSR count). The lowest BCUT2D eigenvalue weighted by atomic mass is 10.5. The largest absolute Gasteiger partial charge is 0.479 e. The molecule has 0 heterocycles. The highest BCUT2D eigenvalue weighted by Crippen LogP contribution is 2.07. The Morgan fingerprint density at radius 3 is 2.92 bits per heavy atom. The minimum absolute atomic E-state index is 0.255. The molecule has 0 aromatic carbocycles.